The Hall–Kier alpha value is -0.850. The maximum atomic E-state index is 11.0. The monoisotopic (exact) mass is 308 g/mol. The first-order valence-electron chi connectivity index (χ1n) is 3.90. The third-order valence-electron chi connectivity index (χ3n) is 2.23. The molecule has 0 heterocycles. The fourth-order valence-electron chi connectivity index (χ4n) is 1.20. The number of alkyl halides is 1. The molecule has 0 spiro atoms. The zero-order chi connectivity index (χ0) is 10.9. The Morgan fingerprint density at radius 3 is 2.50 bits per heavy atom. The predicted octanol–water partition coefficient (Wildman–Crippen LogP) is 1.46. The highest BCUT2D eigenvalue weighted by Gasteiger charge is 2.42. The number of carbonyl (C=O) groups is 2. The largest absolute Gasteiger partial charge is 0.481 e. The zero-order valence-electron chi connectivity index (χ0n) is 7.40. The molecule has 0 aliphatic heterocycles. The van der Waals surface area contributed by atoms with E-state index in [4.69, 9.17) is 10.2 Å². The summed E-state index contributed by atoms with van der Waals surface area (Å²) < 4.78 is -0.555. The van der Waals surface area contributed by atoms with E-state index in [9.17, 15) is 9.59 Å². The van der Waals surface area contributed by atoms with Gasteiger partial charge in [0.25, 0.3) is 0 Å². The third-order valence-corrected chi connectivity index (χ3v) is 4.19. The number of hydrogen-bond acceptors (Lipinski definition) is 2. The summed E-state index contributed by atoms with van der Waals surface area (Å²) in [6.07, 6.45) is 4.43. The van der Waals surface area contributed by atoms with Gasteiger partial charge in [-0.1, -0.05) is 40.8 Å². The smallest absolute Gasteiger partial charge is 0.332 e. The fourth-order valence-corrected chi connectivity index (χ4v) is 2.15. The highest BCUT2D eigenvalue weighted by molar-refractivity contribution is 14.1. The number of allylic oxidation sites excluding steroid dienone is 2. The molecule has 1 rings (SSSR count). The second-order valence-corrected chi connectivity index (χ2v) is 4.48. The molecule has 1 aliphatic carbocycles. The van der Waals surface area contributed by atoms with Gasteiger partial charge in [0.1, 0.15) is 0 Å². The lowest BCUT2D eigenvalue weighted by molar-refractivity contribution is -0.144. The average molecular weight is 308 g/mol. The quantitative estimate of drug-likeness (QED) is 0.598. The van der Waals surface area contributed by atoms with Crippen molar-refractivity contribution in [2.45, 2.75) is 10.8 Å². The Kier molecular flexibility index (Phi) is 2.98. The van der Waals surface area contributed by atoms with Crippen LogP contribution in [0.2, 0.25) is 0 Å². The van der Waals surface area contributed by atoms with Crippen molar-refractivity contribution in [3.63, 3.8) is 0 Å². The molecular weight excluding hydrogens is 299 g/mol. The van der Waals surface area contributed by atoms with Crippen LogP contribution in [0, 0.1) is 5.41 Å². The first kappa shape index (κ1) is 11.2. The second-order valence-electron chi connectivity index (χ2n) is 3.24. The van der Waals surface area contributed by atoms with Crippen LogP contribution in [0.1, 0.15) is 6.92 Å². The highest BCUT2D eigenvalue weighted by atomic mass is 127. The number of aliphatic carboxylic acids is 2. The van der Waals surface area contributed by atoms with Crippen LogP contribution in [0.5, 0.6) is 0 Å². The van der Waals surface area contributed by atoms with Gasteiger partial charge in [-0.15, -0.1) is 0 Å². The predicted molar refractivity (Wildman–Crippen MR) is 58.4 cm³/mol. The molecule has 2 N–H and O–H groups in total. The number of carboxylic acids is 2. The molecule has 5 heteroatoms. The molecule has 0 aromatic carbocycles. The topological polar surface area (TPSA) is 74.6 Å². The van der Waals surface area contributed by atoms with Gasteiger partial charge in [0, 0.05) is 0 Å². The SMILES string of the molecule is CC1(C(=O)O)C=CC=C(C(=O)O)C1I. The summed E-state index contributed by atoms with van der Waals surface area (Å²) in [6.45, 7) is 1.51. The van der Waals surface area contributed by atoms with Gasteiger partial charge in [0.15, 0.2) is 0 Å². The first-order chi connectivity index (χ1) is 6.39. The minimum atomic E-state index is -1.14. The Morgan fingerprint density at radius 2 is 2.07 bits per heavy atom. The lowest BCUT2D eigenvalue weighted by Crippen LogP contribution is -2.38. The van der Waals surface area contributed by atoms with Crippen molar-refractivity contribution >= 4 is 34.5 Å². The molecule has 0 saturated heterocycles. The lowest BCUT2D eigenvalue weighted by Gasteiger charge is -2.29. The Labute approximate surface area is 94.4 Å². The van der Waals surface area contributed by atoms with Gasteiger partial charge in [-0.25, -0.2) is 4.79 Å². The Morgan fingerprint density at radius 1 is 1.50 bits per heavy atom. The minimum absolute atomic E-state index is 0.123. The molecule has 14 heavy (non-hydrogen) atoms. The minimum Gasteiger partial charge on any atom is -0.481 e. The van der Waals surface area contributed by atoms with Crippen molar-refractivity contribution in [3.05, 3.63) is 23.8 Å². The molecule has 0 bridgehead atoms. The van der Waals surface area contributed by atoms with Crippen molar-refractivity contribution in [1.29, 1.82) is 0 Å². The molecule has 0 amide bonds. The van der Waals surface area contributed by atoms with Crippen LogP contribution >= 0.6 is 22.6 Å². The number of hydrogen-bond donors (Lipinski definition) is 2. The van der Waals surface area contributed by atoms with Crippen molar-refractivity contribution in [3.8, 4) is 0 Å². The van der Waals surface area contributed by atoms with Crippen LogP contribution in [0.4, 0.5) is 0 Å². The summed E-state index contributed by atoms with van der Waals surface area (Å²) in [5.74, 6) is -2.08. The highest BCUT2D eigenvalue weighted by Crippen LogP contribution is 2.37. The van der Waals surface area contributed by atoms with Gasteiger partial charge in [-0.3, -0.25) is 4.79 Å². The van der Waals surface area contributed by atoms with Crippen molar-refractivity contribution in [1.82, 2.24) is 0 Å². The van der Waals surface area contributed by atoms with Gasteiger partial charge < -0.3 is 10.2 Å². The van der Waals surface area contributed by atoms with Crippen LogP contribution in [-0.2, 0) is 9.59 Å². The summed E-state index contributed by atoms with van der Waals surface area (Å²) in [5.41, 5.74) is -1.01. The van der Waals surface area contributed by atoms with Gasteiger partial charge >= 0.3 is 11.9 Å². The summed E-state index contributed by atoms with van der Waals surface area (Å²) in [6, 6.07) is 0. The molecule has 2 atom stereocenters. The maximum Gasteiger partial charge on any atom is 0.332 e. The summed E-state index contributed by atoms with van der Waals surface area (Å²) in [7, 11) is 0. The normalized spacial score (nSPS) is 31.0. The summed E-state index contributed by atoms with van der Waals surface area (Å²) in [5, 5.41) is 17.8. The van der Waals surface area contributed by atoms with Crippen LogP contribution in [-0.4, -0.2) is 26.1 Å². The van der Waals surface area contributed by atoms with E-state index in [2.05, 4.69) is 0 Å². The van der Waals surface area contributed by atoms with E-state index in [0.29, 0.717) is 0 Å². The fraction of sp³-hybridized carbons (Fsp3) is 0.333. The second kappa shape index (κ2) is 3.72. The lowest BCUT2D eigenvalue weighted by atomic mass is 9.80. The molecule has 76 valence electrons. The average Bonchev–Trinajstić information content (AvgIpc) is 2.09. The van der Waals surface area contributed by atoms with Crippen LogP contribution in [0.15, 0.2) is 23.8 Å². The molecular formula is C9H9IO4. The standard InChI is InChI=1S/C9H9IO4/c1-9(8(13)14)4-2-3-5(6(9)10)7(11)12/h2-4,6H,1H3,(H,11,12)(H,13,14). The molecule has 1 aliphatic rings. The molecule has 2 unspecified atom stereocenters. The van der Waals surface area contributed by atoms with E-state index in [1.807, 2.05) is 22.6 Å². The van der Waals surface area contributed by atoms with Crippen molar-refractivity contribution in [2.24, 2.45) is 5.41 Å². The van der Waals surface area contributed by atoms with Gasteiger partial charge in [0.05, 0.1) is 14.9 Å². The Balaban J connectivity index is 3.11. The van der Waals surface area contributed by atoms with Crippen LogP contribution in [0.25, 0.3) is 0 Å². The number of halogens is 1. The molecule has 0 saturated carbocycles. The molecule has 4 nitrogen and oxygen atoms in total. The third kappa shape index (κ3) is 1.68. The summed E-state index contributed by atoms with van der Waals surface area (Å²) in [4.78, 5) is 21.8. The van der Waals surface area contributed by atoms with Crippen molar-refractivity contribution < 1.29 is 19.8 Å². The molecule has 0 aromatic heterocycles. The van der Waals surface area contributed by atoms with E-state index < -0.39 is 21.3 Å². The zero-order valence-corrected chi connectivity index (χ0v) is 9.56. The molecule has 0 fully saturated rings. The Bertz CT molecular complexity index is 345. The van der Waals surface area contributed by atoms with E-state index in [1.54, 1.807) is 0 Å². The van der Waals surface area contributed by atoms with E-state index in [1.165, 1.54) is 25.2 Å². The van der Waals surface area contributed by atoms with Gasteiger partial charge in [-0.05, 0) is 6.92 Å². The van der Waals surface area contributed by atoms with Crippen molar-refractivity contribution in [2.75, 3.05) is 0 Å². The number of carboxylic acid groups (broad SMARTS) is 2. The molecule has 0 aromatic rings. The van der Waals surface area contributed by atoms with Gasteiger partial charge in [0.2, 0.25) is 0 Å². The maximum absolute atomic E-state index is 11.0. The summed E-state index contributed by atoms with van der Waals surface area (Å²) >= 11 is 1.85. The van der Waals surface area contributed by atoms with Crippen LogP contribution < -0.4 is 0 Å². The van der Waals surface area contributed by atoms with E-state index in [-0.39, 0.29) is 5.57 Å². The van der Waals surface area contributed by atoms with Gasteiger partial charge in [-0.2, -0.15) is 0 Å². The van der Waals surface area contributed by atoms with E-state index >= 15 is 0 Å². The number of rotatable bonds is 2. The first-order valence-corrected chi connectivity index (χ1v) is 5.14. The van der Waals surface area contributed by atoms with Crippen LogP contribution in [0.3, 0.4) is 0 Å². The molecule has 0 radical (unpaired) electrons. The van der Waals surface area contributed by atoms with E-state index in [0.717, 1.165) is 0 Å².